The molecule has 0 saturated heterocycles. The highest BCUT2D eigenvalue weighted by atomic mass is 32.1. The summed E-state index contributed by atoms with van der Waals surface area (Å²) in [5, 5.41) is 4.86. The maximum atomic E-state index is 4.99. The normalized spacial score (nSPS) is 18.8. The second-order valence-electron chi connectivity index (χ2n) is 6.60. The van der Waals surface area contributed by atoms with E-state index in [1.165, 1.54) is 33.7 Å². The molecule has 1 aliphatic rings. The second kappa shape index (κ2) is 7.47. The van der Waals surface area contributed by atoms with E-state index in [1.807, 2.05) is 11.3 Å². The van der Waals surface area contributed by atoms with Crippen LogP contribution >= 0.6 is 11.3 Å². The van der Waals surface area contributed by atoms with Gasteiger partial charge in [-0.25, -0.2) is 9.67 Å². The Balaban J connectivity index is 2.02. The van der Waals surface area contributed by atoms with E-state index in [0.29, 0.717) is 5.92 Å². The lowest BCUT2D eigenvalue weighted by molar-refractivity contribution is 0.448. The number of aromatic nitrogens is 3. The first-order chi connectivity index (χ1) is 11.6. The van der Waals surface area contributed by atoms with Crippen molar-refractivity contribution in [3.8, 4) is 0 Å². The number of rotatable bonds is 5. The summed E-state index contributed by atoms with van der Waals surface area (Å²) >= 11 is 1.89. The standard InChI is InChI=1S/C20H27N3S/c1-5-8-14(3)16(9-6-2)19-21-20-17(10-7-13-23(20)22-19)18-12-11-15(4)24-18/h6,9,11-12,17H,5,7-8,10,13H2,1-4H3. The van der Waals surface area contributed by atoms with Crippen LogP contribution in [-0.4, -0.2) is 14.8 Å². The van der Waals surface area contributed by atoms with Crippen LogP contribution in [0.1, 0.15) is 73.8 Å². The lowest BCUT2D eigenvalue weighted by atomic mass is 9.97. The Morgan fingerprint density at radius 2 is 2.25 bits per heavy atom. The Morgan fingerprint density at radius 1 is 1.42 bits per heavy atom. The number of allylic oxidation sites excluding steroid dienone is 4. The molecule has 0 spiro atoms. The molecule has 0 N–H and O–H groups in total. The molecule has 1 aliphatic heterocycles. The van der Waals surface area contributed by atoms with Crippen molar-refractivity contribution in [1.82, 2.24) is 14.8 Å². The molecule has 0 aromatic carbocycles. The molecule has 4 heteroatoms. The lowest BCUT2D eigenvalue weighted by Crippen LogP contribution is -2.17. The summed E-state index contributed by atoms with van der Waals surface area (Å²) in [6.07, 6.45) is 8.85. The number of fused-ring (bicyclic) bond motifs is 1. The minimum absolute atomic E-state index is 0.400. The topological polar surface area (TPSA) is 30.7 Å². The van der Waals surface area contributed by atoms with Crippen molar-refractivity contribution >= 4 is 16.9 Å². The first kappa shape index (κ1) is 17.2. The Morgan fingerprint density at radius 3 is 2.92 bits per heavy atom. The van der Waals surface area contributed by atoms with Crippen LogP contribution in [0.25, 0.3) is 5.57 Å². The molecule has 2 aromatic heterocycles. The first-order valence-corrected chi connectivity index (χ1v) is 9.79. The Bertz CT molecular complexity index is 764. The van der Waals surface area contributed by atoms with Gasteiger partial charge in [-0.15, -0.1) is 11.3 Å². The van der Waals surface area contributed by atoms with Crippen LogP contribution in [0, 0.1) is 6.92 Å². The number of hydrogen-bond acceptors (Lipinski definition) is 3. The number of aryl methyl sites for hydroxylation is 2. The van der Waals surface area contributed by atoms with Gasteiger partial charge in [0.05, 0.1) is 5.92 Å². The zero-order valence-corrected chi connectivity index (χ0v) is 16.0. The molecule has 0 saturated carbocycles. The summed E-state index contributed by atoms with van der Waals surface area (Å²) in [7, 11) is 0. The van der Waals surface area contributed by atoms with Crippen molar-refractivity contribution in [2.24, 2.45) is 0 Å². The van der Waals surface area contributed by atoms with Gasteiger partial charge in [-0.05, 0) is 52.2 Å². The van der Waals surface area contributed by atoms with Crippen LogP contribution in [0.4, 0.5) is 0 Å². The average molecular weight is 342 g/mol. The molecule has 2 aromatic rings. The van der Waals surface area contributed by atoms with Gasteiger partial charge in [0.2, 0.25) is 0 Å². The van der Waals surface area contributed by atoms with Crippen molar-refractivity contribution in [3.05, 3.63) is 51.3 Å². The summed E-state index contributed by atoms with van der Waals surface area (Å²) in [5.41, 5.74) is 2.57. The van der Waals surface area contributed by atoms with Crippen molar-refractivity contribution in [3.63, 3.8) is 0 Å². The van der Waals surface area contributed by atoms with Crippen molar-refractivity contribution < 1.29 is 0 Å². The summed E-state index contributed by atoms with van der Waals surface area (Å²) in [4.78, 5) is 7.79. The minimum Gasteiger partial charge on any atom is -0.249 e. The monoisotopic (exact) mass is 341 g/mol. The minimum atomic E-state index is 0.400. The van der Waals surface area contributed by atoms with E-state index in [4.69, 9.17) is 10.1 Å². The van der Waals surface area contributed by atoms with Crippen LogP contribution in [-0.2, 0) is 6.54 Å². The molecule has 128 valence electrons. The third-order valence-electron chi connectivity index (χ3n) is 4.64. The number of hydrogen-bond donors (Lipinski definition) is 0. The maximum Gasteiger partial charge on any atom is 0.181 e. The molecule has 0 amide bonds. The maximum absolute atomic E-state index is 4.99. The van der Waals surface area contributed by atoms with Gasteiger partial charge in [0.25, 0.3) is 0 Å². The summed E-state index contributed by atoms with van der Waals surface area (Å²) in [6.45, 7) is 9.65. The fraction of sp³-hybridized carbons (Fsp3) is 0.500. The van der Waals surface area contributed by atoms with E-state index in [9.17, 15) is 0 Å². The third-order valence-corrected chi connectivity index (χ3v) is 5.75. The number of thiophene rings is 1. The van der Waals surface area contributed by atoms with Gasteiger partial charge in [-0.3, -0.25) is 0 Å². The Kier molecular flexibility index (Phi) is 5.34. The Hall–Kier alpha value is -1.68. The SMILES string of the molecule is CC=CC(=C(C)CCC)c1nc2n(n1)CCCC2c1ccc(C)s1. The summed E-state index contributed by atoms with van der Waals surface area (Å²) in [6, 6.07) is 4.48. The largest absolute Gasteiger partial charge is 0.249 e. The van der Waals surface area contributed by atoms with Gasteiger partial charge < -0.3 is 0 Å². The predicted molar refractivity (Wildman–Crippen MR) is 102 cm³/mol. The molecule has 3 nitrogen and oxygen atoms in total. The molecule has 0 radical (unpaired) electrons. The number of nitrogens with zero attached hydrogens (tertiary/aromatic N) is 3. The Labute approximate surface area is 149 Å². The second-order valence-corrected chi connectivity index (χ2v) is 7.92. The molecule has 1 unspecified atom stereocenters. The molecule has 1 atom stereocenters. The molecule has 3 heterocycles. The highest BCUT2D eigenvalue weighted by Crippen LogP contribution is 2.36. The smallest absolute Gasteiger partial charge is 0.181 e. The fourth-order valence-corrected chi connectivity index (χ4v) is 4.47. The molecular weight excluding hydrogens is 314 g/mol. The molecule has 3 rings (SSSR count). The molecule has 0 fully saturated rings. The van der Waals surface area contributed by atoms with Gasteiger partial charge in [-0.1, -0.05) is 31.1 Å². The van der Waals surface area contributed by atoms with Gasteiger partial charge in [0.15, 0.2) is 5.82 Å². The van der Waals surface area contributed by atoms with Gasteiger partial charge in [0, 0.05) is 21.9 Å². The van der Waals surface area contributed by atoms with E-state index in [1.54, 1.807) is 0 Å². The highest BCUT2D eigenvalue weighted by Gasteiger charge is 2.27. The third kappa shape index (κ3) is 3.39. The quantitative estimate of drug-likeness (QED) is 0.651. The fourth-order valence-electron chi connectivity index (χ4n) is 3.46. The van der Waals surface area contributed by atoms with Crippen LogP contribution in [0.3, 0.4) is 0 Å². The van der Waals surface area contributed by atoms with Crippen LogP contribution in [0.5, 0.6) is 0 Å². The van der Waals surface area contributed by atoms with Crippen molar-refractivity contribution in [1.29, 1.82) is 0 Å². The molecule has 24 heavy (non-hydrogen) atoms. The van der Waals surface area contributed by atoms with Gasteiger partial charge in [-0.2, -0.15) is 5.10 Å². The van der Waals surface area contributed by atoms with E-state index >= 15 is 0 Å². The van der Waals surface area contributed by atoms with Gasteiger partial charge in [0.1, 0.15) is 5.82 Å². The van der Waals surface area contributed by atoms with E-state index in [2.05, 4.69) is 56.7 Å². The molecule has 0 aliphatic carbocycles. The highest BCUT2D eigenvalue weighted by molar-refractivity contribution is 7.12. The van der Waals surface area contributed by atoms with E-state index < -0.39 is 0 Å². The molecular formula is C20H27N3S. The van der Waals surface area contributed by atoms with Crippen LogP contribution in [0.15, 0.2) is 29.9 Å². The van der Waals surface area contributed by atoms with Gasteiger partial charge >= 0.3 is 0 Å². The van der Waals surface area contributed by atoms with Crippen LogP contribution in [0.2, 0.25) is 0 Å². The zero-order valence-electron chi connectivity index (χ0n) is 15.2. The average Bonchev–Trinajstić information content (AvgIpc) is 3.18. The lowest BCUT2D eigenvalue weighted by Gasteiger charge is -2.20. The summed E-state index contributed by atoms with van der Waals surface area (Å²) in [5.74, 6) is 2.44. The summed E-state index contributed by atoms with van der Waals surface area (Å²) < 4.78 is 2.14. The van der Waals surface area contributed by atoms with E-state index in [0.717, 1.165) is 31.0 Å². The van der Waals surface area contributed by atoms with Crippen molar-refractivity contribution in [2.75, 3.05) is 0 Å². The first-order valence-electron chi connectivity index (χ1n) is 8.98. The zero-order chi connectivity index (χ0) is 17.1. The molecule has 0 bridgehead atoms. The van der Waals surface area contributed by atoms with E-state index in [-0.39, 0.29) is 0 Å². The van der Waals surface area contributed by atoms with Crippen LogP contribution < -0.4 is 0 Å². The predicted octanol–water partition coefficient (Wildman–Crippen LogP) is 5.72. The van der Waals surface area contributed by atoms with Crippen molar-refractivity contribution in [2.45, 2.75) is 65.8 Å².